The van der Waals surface area contributed by atoms with Gasteiger partial charge in [-0.2, -0.15) is 15.0 Å². The average Bonchev–Trinajstić information content (AvgIpc) is 2.59. The number of nitrogens with one attached hydrogen (secondary N) is 1. The second-order valence-electron chi connectivity index (χ2n) is 5.16. The zero-order valence-corrected chi connectivity index (χ0v) is 14.5. The monoisotopic (exact) mass is 361 g/mol. The number of carbonyl (C=O) groups is 1. The molecule has 0 radical (unpaired) electrons. The number of Topliss-reactive ketones (excluding diaryl/α,β-unsaturated/α-hetero) is 1. The molecule has 3 rings (SSSR count). The third kappa shape index (κ3) is 2.91. The average molecular weight is 361 g/mol. The van der Waals surface area contributed by atoms with Crippen LogP contribution in [0, 0.1) is 6.92 Å². The number of methoxy groups -OCH3 is 1. The highest BCUT2D eigenvalue weighted by atomic mass is 32.2. The predicted octanol–water partition coefficient (Wildman–Crippen LogP) is 1.10. The maximum Gasteiger partial charge on any atom is 0.321 e. The fourth-order valence-electron chi connectivity index (χ4n) is 2.35. The Labute approximate surface area is 144 Å². The van der Waals surface area contributed by atoms with Gasteiger partial charge in [-0.05, 0) is 19.1 Å². The summed E-state index contributed by atoms with van der Waals surface area (Å²) in [7, 11) is -1.19. The van der Waals surface area contributed by atoms with E-state index in [9.17, 15) is 13.2 Å². The number of ketones is 1. The molecule has 0 aliphatic carbocycles. The molecule has 1 aliphatic rings. The van der Waals surface area contributed by atoms with Gasteiger partial charge < -0.3 is 10.1 Å². The molecule has 2 aromatic rings. The number of benzene rings is 1. The van der Waals surface area contributed by atoms with Crippen LogP contribution < -0.4 is 14.4 Å². The van der Waals surface area contributed by atoms with E-state index in [4.69, 9.17) is 4.74 Å². The summed E-state index contributed by atoms with van der Waals surface area (Å²) in [6.07, 6.45) is 1.08. The molecule has 1 N–H and O–H groups in total. The van der Waals surface area contributed by atoms with Gasteiger partial charge in [-0.3, -0.25) is 9.10 Å². The molecule has 0 saturated heterocycles. The van der Waals surface area contributed by atoms with Gasteiger partial charge >= 0.3 is 6.01 Å². The number of nitrogens with zero attached hydrogens (tertiary/aromatic N) is 4. The molecule has 0 amide bonds. The smallest absolute Gasteiger partial charge is 0.321 e. The van der Waals surface area contributed by atoms with Crippen molar-refractivity contribution in [2.75, 3.05) is 23.8 Å². The van der Waals surface area contributed by atoms with Crippen LogP contribution in [0.15, 0.2) is 35.4 Å². The molecular weight excluding hydrogens is 346 g/mol. The summed E-state index contributed by atoms with van der Waals surface area (Å²) in [5, 5.41) is 2.64. The van der Waals surface area contributed by atoms with E-state index in [1.807, 2.05) is 0 Å². The van der Waals surface area contributed by atoms with Crippen LogP contribution in [0.3, 0.4) is 0 Å². The van der Waals surface area contributed by atoms with Crippen molar-refractivity contribution in [1.82, 2.24) is 15.0 Å². The summed E-state index contributed by atoms with van der Waals surface area (Å²) in [5.74, 6) is -0.145. The minimum absolute atomic E-state index is 0.0707. The van der Waals surface area contributed by atoms with Crippen LogP contribution in [-0.2, 0) is 10.0 Å². The first-order chi connectivity index (χ1) is 11.8. The van der Waals surface area contributed by atoms with E-state index < -0.39 is 20.7 Å². The summed E-state index contributed by atoms with van der Waals surface area (Å²) >= 11 is 0. The van der Waals surface area contributed by atoms with Crippen LogP contribution in [0.5, 0.6) is 6.01 Å². The third-order valence-corrected chi connectivity index (χ3v) is 5.37. The Morgan fingerprint density at radius 3 is 2.64 bits per heavy atom. The number of fused-ring (bicyclic) bond motifs is 1. The number of hydrogen-bond donors (Lipinski definition) is 1. The summed E-state index contributed by atoms with van der Waals surface area (Å²) < 4.78 is 31.2. The van der Waals surface area contributed by atoms with E-state index in [0.29, 0.717) is 17.1 Å². The molecule has 0 unspecified atom stereocenters. The fraction of sp³-hybridized carbons (Fsp3) is 0.200. The van der Waals surface area contributed by atoms with Gasteiger partial charge in [0.15, 0.2) is 4.91 Å². The first-order valence-corrected chi connectivity index (χ1v) is 8.64. The van der Waals surface area contributed by atoms with Crippen LogP contribution in [0.1, 0.15) is 16.2 Å². The van der Waals surface area contributed by atoms with Crippen LogP contribution in [-0.4, -0.2) is 43.3 Å². The Morgan fingerprint density at radius 2 is 1.92 bits per heavy atom. The largest absolute Gasteiger partial charge is 0.467 e. The first kappa shape index (κ1) is 16.8. The zero-order valence-electron chi connectivity index (χ0n) is 13.7. The lowest BCUT2D eigenvalue weighted by Crippen LogP contribution is -2.36. The molecule has 1 aromatic carbocycles. The van der Waals surface area contributed by atoms with E-state index >= 15 is 0 Å². The Kier molecular flexibility index (Phi) is 4.13. The molecule has 9 nitrogen and oxygen atoms in total. The number of anilines is 2. The highest BCUT2D eigenvalue weighted by Crippen LogP contribution is 2.33. The van der Waals surface area contributed by atoms with Gasteiger partial charge in [-0.1, -0.05) is 12.1 Å². The number of ether oxygens (including phenoxy) is 1. The number of allylic oxidation sites excluding steroid dienone is 1. The Hall–Kier alpha value is -3.01. The normalized spacial score (nSPS) is 17.3. The minimum atomic E-state index is -3.98. The van der Waals surface area contributed by atoms with Crippen LogP contribution in [0.2, 0.25) is 0 Å². The third-order valence-electron chi connectivity index (χ3n) is 3.59. The van der Waals surface area contributed by atoms with Gasteiger partial charge in [0.25, 0.3) is 10.0 Å². The lowest BCUT2D eigenvalue weighted by atomic mass is 10.1. The van der Waals surface area contributed by atoms with E-state index in [2.05, 4.69) is 20.3 Å². The Balaban J connectivity index is 2.03. The van der Waals surface area contributed by atoms with Gasteiger partial charge in [0, 0.05) is 18.8 Å². The number of carbonyl (C=O) groups excluding carboxylic acids is 1. The molecule has 0 atom stereocenters. The standard InChI is InChI=1S/C15H15N5O4S/c1-9-17-14(19-15(18-9)24-3)16-8-12-13(21)10-6-4-5-7-11(10)20(2)25(12,22)23/h4-8H,1-3H3,(H,16,17,18,19). The molecular formula is C15H15N5O4S. The summed E-state index contributed by atoms with van der Waals surface area (Å²) in [6.45, 7) is 1.63. The highest BCUT2D eigenvalue weighted by Gasteiger charge is 2.37. The van der Waals surface area contributed by atoms with Crippen LogP contribution >= 0.6 is 0 Å². The highest BCUT2D eigenvalue weighted by molar-refractivity contribution is 7.97. The molecule has 25 heavy (non-hydrogen) atoms. The number of sulfonamides is 1. The molecule has 0 spiro atoms. The number of aromatic nitrogens is 3. The molecule has 130 valence electrons. The van der Waals surface area contributed by atoms with Crippen molar-refractivity contribution in [3.8, 4) is 6.01 Å². The summed E-state index contributed by atoms with van der Waals surface area (Å²) in [4.78, 5) is 24.1. The van der Waals surface area contributed by atoms with Gasteiger partial charge in [0.1, 0.15) is 5.82 Å². The zero-order chi connectivity index (χ0) is 18.2. The number of hydrogen-bond acceptors (Lipinski definition) is 8. The SMILES string of the molecule is COc1nc(C)nc(NC=C2C(=O)c3ccccc3N(C)S2(=O)=O)n1. The van der Waals surface area contributed by atoms with Crippen molar-refractivity contribution in [3.63, 3.8) is 0 Å². The molecule has 0 bridgehead atoms. The van der Waals surface area contributed by atoms with Crippen LogP contribution in [0.25, 0.3) is 0 Å². The number of rotatable bonds is 3. The van der Waals surface area contributed by atoms with E-state index in [-0.39, 0.29) is 12.0 Å². The summed E-state index contributed by atoms with van der Waals surface area (Å²) in [5.41, 5.74) is 0.639. The van der Waals surface area contributed by atoms with E-state index in [1.165, 1.54) is 14.2 Å². The molecule has 2 heterocycles. The quantitative estimate of drug-likeness (QED) is 0.809. The molecule has 0 saturated carbocycles. The maximum atomic E-state index is 12.6. The Morgan fingerprint density at radius 1 is 1.20 bits per heavy atom. The molecule has 10 heteroatoms. The molecule has 1 aliphatic heterocycles. The van der Waals surface area contributed by atoms with Gasteiger partial charge in [0.05, 0.1) is 12.8 Å². The Bertz CT molecular complexity index is 987. The van der Waals surface area contributed by atoms with Crippen molar-refractivity contribution in [1.29, 1.82) is 0 Å². The predicted molar refractivity (Wildman–Crippen MR) is 90.9 cm³/mol. The maximum absolute atomic E-state index is 12.6. The van der Waals surface area contributed by atoms with E-state index in [1.54, 1.807) is 31.2 Å². The van der Waals surface area contributed by atoms with Crippen molar-refractivity contribution in [3.05, 3.63) is 46.8 Å². The minimum Gasteiger partial charge on any atom is -0.467 e. The number of para-hydroxylation sites is 1. The second kappa shape index (κ2) is 6.13. The first-order valence-electron chi connectivity index (χ1n) is 7.20. The lowest BCUT2D eigenvalue weighted by molar-refractivity contribution is 0.104. The topological polar surface area (TPSA) is 114 Å². The van der Waals surface area contributed by atoms with Gasteiger partial charge in [0.2, 0.25) is 11.7 Å². The van der Waals surface area contributed by atoms with Crippen LogP contribution in [0.4, 0.5) is 11.6 Å². The van der Waals surface area contributed by atoms with Gasteiger partial charge in [-0.15, -0.1) is 0 Å². The van der Waals surface area contributed by atoms with E-state index in [0.717, 1.165) is 10.5 Å². The van der Waals surface area contributed by atoms with Crippen molar-refractivity contribution < 1.29 is 17.9 Å². The summed E-state index contributed by atoms with van der Waals surface area (Å²) in [6, 6.07) is 6.58. The number of aryl methyl sites for hydroxylation is 1. The fourth-order valence-corrected chi connectivity index (χ4v) is 3.62. The lowest BCUT2D eigenvalue weighted by Gasteiger charge is -2.27. The molecule has 1 aromatic heterocycles. The van der Waals surface area contributed by atoms with Gasteiger partial charge in [-0.25, -0.2) is 8.42 Å². The second-order valence-corrected chi connectivity index (χ2v) is 7.10. The van der Waals surface area contributed by atoms with Crippen molar-refractivity contribution in [2.24, 2.45) is 0 Å². The molecule has 0 fully saturated rings. The van der Waals surface area contributed by atoms with Crippen molar-refractivity contribution in [2.45, 2.75) is 6.92 Å². The van der Waals surface area contributed by atoms with Crippen molar-refractivity contribution >= 4 is 27.4 Å².